The number of halogens is 1. The number of esters is 3. The van der Waals surface area contributed by atoms with Crippen molar-refractivity contribution < 1.29 is 97.0 Å². The van der Waals surface area contributed by atoms with E-state index in [4.69, 9.17) is 25.8 Å². The van der Waals surface area contributed by atoms with Gasteiger partial charge >= 0.3 is 35.3 Å². The third-order valence-electron chi connectivity index (χ3n) is 24.7. The number of sulfonamides is 3. The molecule has 3 aromatic carbocycles. The molecule has 6 fully saturated rings. The summed E-state index contributed by atoms with van der Waals surface area (Å²) in [5, 5.41) is 10.9. The summed E-state index contributed by atoms with van der Waals surface area (Å²) in [7, 11) is -12.3. The molecule has 0 spiro atoms. The zero-order valence-corrected chi connectivity index (χ0v) is 90.6. The summed E-state index contributed by atoms with van der Waals surface area (Å²) in [6, 6.07) is 23.3. The quantitative estimate of drug-likeness (QED) is 0.0100. The number of carbonyl (C=O) groups is 12. The molecule has 3 aromatic heterocycles. The number of anilines is 2. The Morgan fingerprint density at radius 3 is 1.03 bits per heavy atom. The molecule has 0 radical (unpaired) electrons. The summed E-state index contributed by atoms with van der Waals surface area (Å²) in [6.07, 6.45) is 12.3. The van der Waals surface area contributed by atoms with E-state index in [-0.39, 0.29) is 107 Å². The van der Waals surface area contributed by atoms with E-state index in [1.54, 1.807) is 187 Å². The Balaban J connectivity index is 0.000000353. The van der Waals surface area contributed by atoms with Crippen molar-refractivity contribution in [3.8, 4) is 0 Å². The van der Waals surface area contributed by atoms with E-state index in [1.165, 1.54) is 131 Å². The maximum absolute atomic E-state index is 14.2. The van der Waals surface area contributed by atoms with E-state index < -0.39 is 138 Å². The number of urea groups is 2. The molecule has 4 N–H and O–H groups in total. The minimum atomic E-state index is -4.13. The highest BCUT2D eigenvalue weighted by Gasteiger charge is 2.55. The van der Waals surface area contributed by atoms with E-state index in [0.717, 1.165) is 14.2 Å². The summed E-state index contributed by atoms with van der Waals surface area (Å²) < 4.78 is 100. The maximum atomic E-state index is 14.2. The number of hydrogen-bond donors (Lipinski definition) is 4. The number of ketones is 1. The predicted molar refractivity (Wildman–Crippen MR) is 552 cm³/mol. The topological polar surface area (TPSA) is 451 Å². The first kappa shape index (κ1) is 116. The van der Waals surface area contributed by atoms with Gasteiger partial charge in [-0.05, 0) is 218 Å². The average molecular weight is 2130 g/mol. The number of pyridine rings is 3. The zero-order valence-electron chi connectivity index (χ0n) is 85.0. The van der Waals surface area contributed by atoms with Crippen LogP contribution in [0.25, 0.3) is 0 Å². The number of carbonyl (C=O) groups excluding carboxylic acids is 12. The van der Waals surface area contributed by atoms with Gasteiger partial charge in [0.25, 0.3) is 0 Å². The normalized spacial score (nSPS) is 19.1. The average Bonchev–Trinajstić information content (AvgIpc) is 1.61. The molecule has 0 bridgehead atoms. The fourth-order valence-electron chi connectivity index (χ4n) is 16.8. The molecule has 6 aliphatic rings. The fourth-order valence-corrected chi connectivity index (χ4v) is 26.4. The van der Waals surface area contributed by atoms with E-state index in [0.29, 0.717) is 119 Å². The van der Waals surface area contributed by atoms with Gasteiger partial charge in [0.1, 0.15) is 55.7 Å². The van der Waals surface area contributed by atoms with Crippen LogP contribution in [-0.2, 0) is 113 Å². The summed E-state index contributed by atoms with van der Waals surface area (Å²) in [5.74, 6) is -4.64. The van der Waals surface area contributed by atoms with Crippen molar-refractivity contribution >= 4 is 159 Å². The molecule has 6 aromatic rings. The van der Waals surface area contributed by atoms with Gasteiger partial charge in [0.05, 0.1) is 36.0 Å². The standard InChI is InChI=1S/C65H87N11O14S4.C31H40ClN5O7S2.C4H10/c1-62(2,3)89-58(81)46(39-52(77)55-64(7,8)91-42-75(55)93(85,86)49-15-13-27-66-40-49)37-44-19-23-47(24-20-44)68-60(83)73-33-29-71(30-34-73)53(78)17-11-12-18-54(79)72-31-35-74(36-32-72)61(84)69-48-25-21-45(22-26-48)38-51(59(82)90-63(4,5)6)70-57(80)56-65(9,10)92-43-76(56)94(87,88)50-16-14-28-67-41-50;1-30(2,3)44-28(40)24(17-21-8-10-22(11-9-21)18-25(38)35-13-15-36(16-14-35)29(32)41)34-27(39)26-31(4,5)45-20-37(26)46(42,43)23-7-6-12-33-19-23;1-3-4-2/h13-16,19-28,40-41,46,51,55-56H,11-12,17-18,29-39,42-43H2,1-10H3,(H,68,83)(H,69,84)(H,70,80);6-12,19,24,26H,13-18,20H2,1-5H3,(H,34,39);3-4H2,1-2H3/t46-,51+,55-,56-;24-,26+;/m10./s1. The van der Waals surface area contributed by atoms with Gasteiger partial charge in [0.15, 0.2) is 5.78 Å². The number of nitrogens with one attached hydrogen (secondary N) is 4. The number of rotatable bonds is 32. The molecule has 10 amide bonds. The predicted octanol–water partition coefficient (Wildman–Crippen LogP) is 11.8. The number of thioether (sulfide) groups is 3. The number of piperazine rings is 3. The van der Waals surface area contributed by atoms with Crippen LogP contribution >= 0.6 is 46.9 Å². The second-order valence-electron chi connectivity index (χ2n) is 40.6. The summed E-state index contributed by atoms with van der Waals surface area (Å²) in [4.78, 5) is 182. The van der Waals surface area contributed by atoms with Crippen LogP contribution < -0.4 is 21.3 Å². The SMILES string of the molecule is CC(C)(C)OC(=O)[C@@H](CC(=O)[C@H]1N(S(=O)(=O)c2cccnc2)CSC1(C)C)Cc1ccc(NC(=O)N2CCN(C(=O)CCCCC(=O)N3CCN(C(=O)Nc4ccc(C[C@H](NC(=O)[C@H]5N(S(=O)(=O)c6cccnc6)CSC5(C)C)C(=O)OC(C)(C)C)cc4)CC3)CC2)cc1.CC(C)(C)OC(=O)[C@H](Cc1ccc(CC(=O)N2CCN(C(=O)Cl)CC2)cc1)NC(=O)[C@H]1N(S(=O)(=O)c2cccnc2)CSC1(C)C.CCCC. The van der Waals surface area contributed by atoms with Crippen LogP contribution in [0.15, 0.2) is 161 Å². The lowest BCUT2D eigenvalue weighted by Gasteiger charge is -2.35. The number of hydrogen-bond acceptors (Lipinski definition) is 27. The Morgan fingerprint density at radius 1 is 0.403 bits per heavy atom. The number of nitrogens with zero attached hydrogens (tertiary/aromatic N) is 12. The second-order valence-corrected chi connectivity index (χ2v) is 51.4. The Labute approximate surface area is 863 Å². The molecular weight excluding hydrogens is 1990 g/mol. The Morgan fingerprint density at radius 2 is 0.701 bits per heavy atom. The van der Waals surface area contributed by atoms with Crippen LogP contribution in [0, 0.1) is 5.92 Å². The van der Waals surface area contributed by atoms with Crippen molar-refractivity contribution in [2.24, 2.45) is 5.92 Å². The number of unbranched alkanes of at least 4 members (excludes halogenated alkanes) is 2. The number of aromatic nitrogens is 3. The number of Topliss-reactive ketones (excluding diaryl/α,β-unsaturated/α-hetero) is 1. The van der Waals surface area contributed by atoms with Crippen LogP contribution in [0.1, 0.15) is 185 Å². The summed E-state index contributed by atoms with van der Waals surface area (Å²) in [6.45, 7) is 34.7. The van der Waals surface area contributed by atoms with Crippen molar-refractivity contribution in [1.29, 1.82) is 0 Å². The zero-order chi connectivity index (χ0) is 106. The van der Waals surface area contributed by atoms with E-state index in [9.17, 15) is 82.8 Å². The molecule has 0 unspecified atom stereocenters. The third-order valence-corrected chi connectivity index (χ3v) is 34.9. The number of ether oxygens (including phenoxy) is 3. The van der Waals surface area contributed by atoms with Gasteiger partial charge in [0, 0.05) is 173 Å². The molecule has 37 nitrogen and oxygen atoms in total. The van der Waals surface area contributed by atoms with E-state index >= 15 is 0 Å². The molecular formula is C100H137ClN16O21S6. The summed E-state index contributed by atoms with van der Waals surface area (Å²) >= 11 is 9.51. The highest BCUT2D eigenvalue weighted by molar-refractivity contribution is 8.02. The molecule has 12 rings (SSSR count). The molecule has 0 saturated carbocycles. The van der Waals surface area contributed by atoms with Gasteiger partial charge in [-0.15, -0.1) is 35.3 Å². The van der Waals surface area contributed by atoms with Crippen molar-refractivity contribution in [3.05, 3.63) is 169 Å². The van der Waals surface area contributed by atoms with Crippen LogP contribution in [0.5, 0.6) is 0 Å². The van der Waals surface area contributed by atoms with Crippen LogP contribution in [0.2, 0.25) is 0 Å². The van der Waals surface area contributed by atoms with Gasteiger partial charge in [-0.1, -0.05) is 75.2 Å². The first-order chi connectivity index (χ1) is 67.5. The van der Waals surface area contributed by atoms with Gasteiger partial charge < -0.3 is 64.9 Å². The lowest BCUT2D eigenvalue weighted by Crippen LogP contribution is -2.57. The van der Waals surface area contributed by atoms with Crippen molar-refractivity contribution in [3.63, 3.8) is 0 Å². The molecule has 9 heterocycles. The molecule has 6 saturated heterocycles. The van der Waals surface area contributed by atoms with Gasteiger partial charge in [-0.25, -0.2) is 44.4 Å². The third kappa shape index (κ3) is 32.1. The maximum Gasteiger partial charge on any atom is 0.329 e. The van der Waals surface area contributed by atoms with Gasteiger partial charge in [0.2, 0.25) is 59.6 Å². The minimum Gasteiger partial charge on any atom is -0.460 e. The van der Waals surface area contributed by atoms with Crippen LogP contribution in [0.3, 0.4) is 0 Å². The van der Waals surface area contributed by atoms with Crippen LogP contribution in [0.4, 0.5) is 25.8 Å². The first-order valence-corrected chi connectivity index (χ1v) is 55.8. The molecule has 144 heavy (non-hydrogen) atoms. The monoisotopic (exact) mass is 2120 g/mol. The Hall–Kier alpha value is -10.4. The summed E-state index contributed by atoms with van der Waals surface area (Å²) in [5.41, 5.74) is 1.21. The van der Waals surface area contributed by atoms with Crippen LogP contribution in [-0.4, -0.2) is 311 Å². The number of benzene rings is 3. The van der Waals surface area contributed by atoms with Crippen molar-refractivity contribution in [2.45, 2.75) is 264 Å². The molecule has 44 heteroatoms. The number of amides is 10. The second kappa shape index (κ2) is 49.9. The minimum absolute atomic E-state index is 0.00662. The fraction of sp³-hybridized carbons (Fsp3) is 0.550. The highest BCUT2D eigenvalue weighted by atomic mass is 35.5. The largest absolute Gasteiger partial charge is 0.460 e. The van der Waals surface area contributed by atoms with E-state index in [1.807, 2.05) is 13.8 Å². The van der Waals surface area contributed by atoms with Gasteiger partial charge in [-0.3, -0.25) is 53.3 Å². The smallest absolute Gasteiger partial charge is 0.329 e. The first-order valence-electron chi connectivity index (χ1n) is 48.2. The molecule has 6 atom stereocenters. The van der Waals surface area contributed by atoms with Crippen molar-refractivity contribution in [2.75, 3.05) is 107 Å². The van der Waals surface area contributed by atoms with E-state index in [2.05, 4.69) is 50.1 Å². The lowest BCUT2D eigenvalue weighted by molar-refractivity contribution is -0.161. The Bertz CT molecular complexity index is 5610. The highest BCUT2D eigenvalue weighted by Crippen LogP contribution is 2.46. The molecule has 0 aliphatic carbocycles. The van der Waals surface area contributed by atoms with Gasteiger partial charge in [-0.2, -0.15) is 12.9 Å². The Kier molecular flexibility index (Phi) is 40.0. The molecule has 786 valence electrons. The lowest BCUT2D eigenvalue weighted by atomic mass is 9.88. The molecule has 6 aliphatic heterocycles. The van der Waals surface area contributed by atoms with Crippen molar-refractivity contribution in [1.82, 2.24) is 67.9 Å².